The van der Waals surface area contributed by atoms with Gasteiger partial charge in [-0.05, 0) is 55.4 Å². The van der Waals surface area contributed by atoms with Crippen molar-refractivity contribution in [3.8, 4) is 0 Å². The summed E-state index contributed by atoms with van der Waals surface area (Å²) in [6.45, 7) is 0. The van der Waals surface area contributed by atoms with Crippen molar-refractivity contribution in [3.63, 3.8) is 0 Å². The quantitative estimate of drug-likeness (QED) is 0.688. The van der Waals surface area contributed by atoms with Gasteiger partial charge >= 0.3 is 0 Å². The van der Waals surface area contributed by atoms with Crippen molar-refractivity contribution in [2.45, 2.75) is 17.7 Å². The Morgan fingerprint density at radius 3 is 2.12 bits per heavy atom. The van der Waals surface area contributed by atoms with E-state index in [1.807, 2.05) is 0 Å². The smallest absolute Gasteiger partial charge is 0.248 e. The minimum Gasteiger partial charge on any atom is -0.366 e. The molecule has 0 bridgehead atoms. The summed E-state index contributed by atoms with van der Waals surface area (Å²) in [4.78, 5) is 23.1. The fourth-order valence-electron chi connectivity index (χ4n) is 2.15. The zero-order valence-corrected chi connectivity index (χ0v) is 14.5. The maximum atomic E-state index is 12.0. The van der Waals surface area contributed by atoms with Crippen molar-refractivity contribution in [2.24, 2.45) is 5.73 Å². The van der Waals surface area contributed by atoms with Crippen LogP contribution >= 0.6 is 0 Å². The first-order valence-electron chi connectivity index (χ1n) is 7.54. The van der Waals surface area contributed by atoms with Crippen molar-refractivity contribution in [1.82, 2.24) is 4.72 Å². The van der Waals surface area contributed by atoms with Crippen LogP contribution in [0.1, 0.15) is 22.3 Å². The summed E-state index contributed by atoms with van der Waals surface area (Å²) in [6.07, 6.45) is 0.723. The number of nitrogens with two attached hydrogens (primary N) is 1. The number of rotatable bonds is 7. The first-order valence-corrected chi connectivity index (χ1v) is 9.02. The van der Waals surface area contributed by atoms with Gasteiger partial charge in [0.25, 0.3) is 0 Å². The van der Waals surface area contributed by atoms with E-state index in [1.165, 1.54) is 19.2 Å². The maximum absolute atomic E-state index is 12.0. The average molecular weight is 361 g/mol. The molecule has 132 valence electrons. The third-order valence-electron chi connectivity index (χ3n) is 3.60. The van der Waals surface area contributed by atoms with E-state index in [9.17, 15) is 18.0 Å². The Balaban J connectivity index is 1.90. The largest absolute Gasteiger partial charge is 0.366 e. The van der Waals surface area contributed by atoms with Crippen LogP contribution in [-0.4, -0.2) is 27.3 Å². The van der Waals surface area contributed by atoms with Crippen LogP contribution in [0.15, 0.2) is 53.4 Å². The van der Waals surface area contributed by atoms with Crippen LogP contribution in [0, 0.1) is 0 Å². The van der Waals surface area contributed by atoms with E-state index in [-0.39, 0.29) is 17.2 Å². The van der Waals surface area contributed by atoms with E-state index in [4.69, 9.17) is 5.73 Å². The molecule has 0 atom stereocenters. The molecule has 2 amide bonds. The fraction of sp³-hybridized carbons (Fsp3) is 0.176. The molecule has 0 aromatic heterocycles. The molecule has 2 rings (SSSR count). The van der Waals surface area contributed by atoms with Crippen molar-refractivity contribution in [1.29, 1.82) is 0 Å². The molecule has 0 radical (unpaired) electrons. The lowest BCUT2D eigenvalue weighted by atomic mass is 10.1. The molecule has 0 aliphatic rings. The standard InChI is InChI=1S/C17H19N3O4S/c1-19-25(23,24)15-9-2-12(3-10-15)4-11-16(21)20-14-7-5-13(6-8-14)17(18)22/h2-3,5-10,19H,4,11H2,1H3,(H2,18,22)(H,20,21). The number of hydrogen-bond donors (Lipinski definition) is 3. The summed E-state index contributed by atoms with van der Waals surface area (Å²) >= 11 is 0. The minimum absolute atomic E-state index is 0.178. The summed E-state index contributed by atoms with van der Waals surface area (Å²) in [5.74, 6) is -0.708. The monoisotopic (exact) mass is 361 g/mol. The van der Waals surface area contributed by atoms with Gasteiger partial charge in [0.05, 0.1) is 4.90 Å². The minimum atomic E-state index is -3.46. The summed E-state index contributed by atoms with van der Waals surface area (Å²) in [6, 6.07) is 12.7. The maximum Gasteiger partial charge on any atom is 0.248 e. The zero-order valence-electron chi connectivity index (χ0n) is 13.7. The SMILES string of the molecule is CNS(=O)(=O)c1ccc(CCC(=O)Nc2ccc(C(N)=O)cc2)cc1. The molecule has 8 heteroatoms. The highest BCUT2D eigenvalue weighted by Gasteiger charge is 2.11. The van der Waals surface area contributed by atoms with Crippen LogP contribution in [0.4, 0.5) is 5.69 Å². The number of anilines is 1. The predicted octanol–water partition coefficient (Wildman–Crippen LogP) is 1.26. The van der Waals surface area contributed by atoms with Crippen molar-refractivity contribution in [3.05, 3.63) is 59.7 Å². The molecule has 0 aliphatic carbocycles. The van der Waals surface area contributed by atoms with E-state index in [0.717, 1.165) is 5.56 Å². The molecule has 2 aromatic rings. The summed E-state index contributed by atoms with van der Waals surface area (Å²) in [7, 11) is -2.11. The third kappa shape index (κ3) is 5.13. The topological polar surface area (TPSA) is 118 Å². The van der Waals surface area contributed by atoms with Crippen LogP contribution in [0.3, 0.4) is 0 Å². The fourth-order valence-corrected chi connectivity index (χ4v) is 2.88. The van der Waals surface area contributed by atoms with Gasteiger partial charge in [-0.1, -0.05) is 12.1 Å². The van der Waals surface area contributed by atoms with Gasteiger partial charge in [0.2, 0.25) is 21.8 Å². The van der Waals surface area contributed by atoms with Gasteiger partial charge in [0.1, 0.15) is 0 Å². The van der Waals surface area contributed by atoms with Gasteiger partial charge in [-0.25, -0.2) is 13.1 Å². The lowest BCUT2D eigenvalue weighted by molar-refractivity contribution is -0.116. The van der Waals surface area contributed by atoms with Gasteiger partial charge in [0, 0.05) is 17.7 Å². The molecule has 7 nitrogen and oxygen atoms in total. The summed E-state index contributed by atoms with van der Waals surface area (Å²) < 4.78 is 25.5. The number of sulfonamides is 1. The molecule has 0 spiro atoms. The highest BCUT2D eigenvalue weighted by Crippen LogP contribution is 2.13. The second kappa shape index (κ2) is 7.91. The number of carbonyl (C=O) groups is 2. The molecule has 2 aromatic carbocycles. The number of hydrogen-bond acceptors (Lipinski definition) is 4. The molecule has 0 saturated carbocycles. The summed E-state index contributed by atoms with van der Waals surface area (Å²) in [5, 5.41) is 2.73. The Morgan fingerprint density at radius 2 is 1.60 bits per heavy atom. The van der Waals surface area contributed by atoms with Crippen molar-refractivity contribution in [2.75, 3.05) is 12.4 Å². The normalized spacial score (nSPS) is 11.1. The van der Waals surface area contributed by atoms with Crippen LogP contribution in [0.5, 0.6) is 0 Å². The van der Waals surface area contributed by atoms with Gasteiger partial charge in [0.15, 0.2) is 0 Å². The number of carbonyl (C=O) groups excluding carboxylic acids is 2. The Hall–Kier alpha value is -2.71. The van der Waals surface area contributed by atoms with E-state index in [0.29, 0.717) is 17.7 Å². The van der Waals surface area contributed by atoms with Crippen molar-refractivity contribution < 1.29 is 18.0 Å². The lowest BCUT2D eigenvalue weighted by Crippen LogP contribution is -2.18. The first-order chi connectivity index (χ1) is 11.8. The molecule has 25 heavy (non-hydrogen) atoms. The number of benzene rings is 2. The van der Waals surface area contributed by atoms with Gasteiger partial charge in [-0.15, -0.1) is 0 Å². The number of aryl methyl sites for hydroxylation is 1. The number of amides is 2. The van der Waals surface area contributed by atoms with E-state index in [1.54, 1.807) is 36.4 Å². The van der Waals surface area contributed by atoms with E-state index < -0.39 is 15.9 Å². The zero-order chi connectivity index (χ0) is 18.4. The number of primary amides is 1. The highest BCUT2D eigenvalue weighted by molar-refractivity contribution is 7.89. The third-order valence-corrected chi connectivity index (χ3v) is 5.03. The van der Waals surface area contributed by atoms with Crippen molar-refractivity contribution >= 4 is 27.5 Å². The van der Waals surface area contributed by atoms with Crippen LogP contribution in [0.25, 0.3) is 0 Å². The van der Waals surface area contributed by atoms with E-state index >= 15 is 0 Å². The lowest BCUT2D eigenvalue weighted by Gasteiger charge is -2.07. The molecule has 0 unspecified atom stereocenters. The molecular formula is C17H19N3O4S. The Bertz CT molecular complexity index is 860. The Kier molecular flexibility index (Phi) is 5.89. The Morgan fingerprint density at radius 1 is 1.00 bits per heavy atom. The molecule has 0 heterocycles. The average Bonchev–Trinajstić information content (AvgIpc) is 2.61. The second-order valence-electron chi connectivity index (χ2n) is 5.34. The second-order valence-corrected chi connectivity index (χ2v) is 7.23. The van der Waals surface area contributed by atoms with E-state index in [2.05, 4.69) is 10.0 Å². The first kappa shape index (κ1) is 18.6. The predicted molar refractivity (Wildman–Crippen MR) is 94.6 cm³/mol. The van der Waals surface area contributed by atoms with Crippen LogP contribution in [0.2, 0.25) is 0 Å². The molecule has 4 N–H and O–H groups in total. The Labute approximate surface area is 146 Å². The van der Waals surface area contributed by atoms with Gasteiger partial charge in [-0.3, -0.25) is 9.59 Å². The number of nitrogens with one attached hydrogen (secondary N) is 2. The molecule has 0 aliphatic heterocycles. The highest BCUT2D eigenvalue weighted by atomic mass is 32.2. The van der Waals surface area contributed by atoms with Crippen LogP contribution in [-0.2, 0) is 21.2 Å². The molecule has 0 fully saturated rings. The summed E-state index contributed by atoms with van der Waals surface area (Å²) in [5.41, 5.74) is 6.96. The molecular weight excluding hydrogens is 342 g/mol. The van der Waals surface area contributed by atoms with Gasteiger partial charge in [-0.2, -0.15) is 0 Å². The van der Waals surface area contributed by atoms with Gasteiger partial charge < -0.3 is 11.1 Å². The molecule has 0 saturated heterocycles. The van der Waals surface area contributed by atoms with Crippen LogP contribution < -0.4 is 15.8 Å².